The van der Waals surface area contributed by atoms with Crippen molar-refractivity contribution in [2.75, 3.05) is 32.2 Å². The second kappa shape index (κ2) is 8.48. The standard InChI is InChI=1S/C30H43NO3/c1-28-14-12-23(32)18-21(28)8-11-24-26-13-15-30(3,33)29(26,2)19-25(27(24)28)20-6-9-22(10-7-20)31(4)16-17-34-5/h6-7,9-10,18,24-27,33H,8,11-17,19H2,1-5H3/t24-,25+,26-,27?,28-,29-,30-/m0/s1. The molecule has 5 rings (SSSR count). The third-order valence-corrected chi connectivity index (χ3v) is 10.9. The van der Waals surface area contributed by atoms with Crippen LogP contribution in [0.4, 0.5) is 5.69 Å². The maximum atomic E-state index is 12.3. The van der Waals surface area contributed by atoms with E-state index in [2.05, 4.69) is 57.0 Å². The van der Waals surface area contributed by atoms with E-state index in [9.17, 15) is 9.90 Å². The molecule has 4 heteroatoms. The van der Waals surface area contributed by atoms with Crippen LogP contribution in [0.3, 0.4) is 0 Å². The van der Waals surface area contributed by atoms with E-state index in [4.69, 9.17) is 4.74 Å². The molecule has 1 aromatic carbocycles. The number of benzene rings is 1. The lowest BCUT2D eigenvalue weighted by molar-refractivity contribution is -0.130. The molecule has 4 aliphatic carbocycles. The van der Waals surface area contributed by atoms with E-state index in [0.717, 1.165) is 45.1 Å². The molecule has 0 aromatic heterocycles. The van der Waals surface area contributed by atoms with Gasteiger partial charge in [-0.25, -0.2) is 0 Å². The van der Waals surface area contributed by atoms with Crippen LogP contribution in [0.2, 0.25) is 0 Å². The zero-order valence-electron chi connectivity index (χ0n) is 21.8. The van der Waals surface area contributed by atoms with Crippen molar-refractivity contribution in [1.82, 2.24) is 0 Å². The van der Waals surface area contributed by atoms with Crippen LogP contribution in [0.25, 0.3) is 0 Å². The normalized spacial score (nSPS) is 41.4. The van der Waals surface area contributed by atoms with Gasteiger partial charge in [0, 0.05) is 32.8 Å². The Morgan fingerprint density at radius 1 is 1.09 bits per heavy atom. The second-order valence-corrected chi connectivity index (χ2v) is 12.4. The lowest BCUT2D eigenvalue weighted by Crippen LogP contribution is -2.56. The fourth-order valence-electron chi connectivity index (χ4n) is 8.62. The molecule has 0 heterocycles. The molecule has 1 aromatic rings. The lowest BCUT2D eigenvalue weighted by Gasteiger charge is -2.62. The summed E-state index contributed by atoms with van der Waals surface area (Å²) in [5, 5.41) is 11.6. The molecule has 0 bridgehead atoms. The van der Waals surface area contributed by atoms with Gasteiger partial charge in [-0.1, -0.05) is 31.6 Å². The Morgan fingerprint density at radius 3 is 2.53 bits per heavy atom. The van der Waals surface area contributed by atoms with Crippen LogP contribution in [0.15, 0.2) is 35.9 Å². The van der Waals surface area contributed by atoms with Crippen LogP contribution in [-0.2, 0) is 9.53 Å². The molecule has 3 fully saturated rings. The van der Waals surface area contributed by atoms with Gasteiger partial charge >= 0.3 is 0 Å². The zero-order chi connectivity index (χ0) is 24.3. The molecular weight excluding hydrogens is 422 g/mol. The van der Waals surface area contributed by atoms with Gasteiger partial charge in [0.25, 0.3) is 0 Å². The number of anilines is 1. The summed E-state index contributed by atoms with van der Waals surface area (Å²) in [6, 6.07) is 9.19. The number of aliphatic hydroxyl groups is 1. The van der Waals surface area contributed by atoms with E-state index in [-0.39, 0.29) is 10.8 Å². The van der Waals surface area contributed by atoms with Crippen molar-refractivity contribution in [3.63, 3.8) is 0 Å². The highest BCUT2D eigenvalue weighted by atomic mass is 16.5. The van der Waals surface area contributed by atoms with Crippen molar-refractivity contribution in [2.45, 2.75) is 77.2 Å². The molecule has 0 radical (unpaired) electrons. The fourth-order valence-corrected chi connectivity index (χ4v) is 8.62. The predicted molar refractivity (Wildman–Crippen MR) is 137 cm³/mol. The minimum Gasteiger partial charge on any atom is -0.390 e. The van der Waals surface area contributed by atoms with Gasteiger partial charge in [0.1, 0.15) is 0 Å². The number of methoxy groups -OCH3 is 1. The van der Waals surface area contributed by atoms with Gasteiger partial charge in [-0.2, -0.15) is 0 Å². The molecule has 0 saturated heterocycles. The molecule has 0 amide bonds. The topological polar surface area (TPSA) is 49.8 Å². The summed E-state index contributed by atoms with van der Waals surface area (Å²) in [4.78, 5) is 14.6. The Labute approximate surface area is 205 Å². The second-order valence-electron chi connectivity index (χ2n) is 12.4. The summed E-state index contributed by atoms with van der Waals surface area (Å²) in [7, 11) is 3.86. The van der Waals surface area contributed by atoms with Crippen LogP contribution in [0.1, 0.15) is 77.2 Å². The fraction of sp³-hybridized carbons (Fsp3) is 0.700. The highest BCUT2D eigenvalue weighted by Gasteiger charge is 2.65. The smallest absolute Gasteiger partial charge is 0.155 e. The minimum absolute atomic E-state index is 0.0607. The average molecular weight is 466 g/mol. The van der Waals surface area contributed by atoms with Crippen LogP contribution in [0, 0.1) is 28.6 Å². The van der Waals surface area contributed by atoms with E-state index in [1.54, 1.807) is 7.11 Å². The molecule has 186 valence electrons. The lowest BCUT2D eigenvalue weighted by atomic mass is 9.43. The van der Waals surface area contributed by atoms with E-state index >= 15 is 0 Å². The van der Waals surface area contributed by atoms with Gasteiger partial charge in [0.05, 0.1) is 12.2 Å². The first-order valence-corrected chi connectivity index (χ1v) is 13.4. The number of likely N-dealkylation sites (N-methyl/N-ethyl adjacent to an activating group) is 1. The molecule has 0 aliphatic heterocycles. The molecule has 1 N–H and O–H groups in total. The van der Waals surface area contributed by atoms with E-state index in [0.29, 0.717) is 42.5 Å². The first-order chi connectivity index (χ1) is 16.1. The van der Waals surface area contributed by atoms with Crippen LogP contribution < -0.4 is 4.90 Å². The summed E-state index contributed by atoms with van der Waals surface area (Å²) < 4.78 is 5.26. The molecule has 4 nitrogen and oxygen atoms in total. The van der Waals surface area contributed by atoms with Crippen molar-refractivity contribution in [2.24, 2.45) is 28.6 Å². The third kappa shape index (κ3) is 3.59. The number of fused-ring (bicyclic) bond motifs is 5. The van der Waals surface area contributed by atoms with Crippen molar-refractivity contribution in [1.29, 1.82) is 0 Å². The number of allylic oxidation sites excluding steroid dienone is 1. The summed E-state index contributed by atoms with van der Waals surface area (Å²) in [6.45, 7) is 8.50. The Bertz CT molecular complexity index is 966. The van der Waals surface area contributed by atoms with E-state index in [1.807, 2.05) is 6.08 Å². The van der Waals surface area contributed by atoms with Gasteiger partial charge in [0.15, 0.2) is 5.78 Å². The molecule has 0 spiro atoms. The van der Waals surface area contributed by atoms with E-state index < -0.39 is 5.60 Å². The summed E-state index contributed by atoms with van der Waals surface area (Å²) >= 11 is 0. The number of rotatable bonds is 5. The summed E-state index contributed by atoms with van der Waals surface area (Å²) in [5.74, 6) is 2.42. The van der Waals surface area contributed by atoms with Crippen molar-refractivity contribution in [3.05, 3.63) is 41.5 Å². The largest absolute Gasteiger partial charge is 0.390 e. The first kappa shape index (κ1) is 24.1. The van der Waals surface area contributed by atoms with Gasteiger partial charge in [0.2, 0.25) is 0 Å². The summed E-state index contributed by atoms with van der Waals surface area (Å²) in [6.07, 6.45) is 8.94. The number of carbonyl (C=O) groups is 1. The SMILES string of the molecule is COCCN(C)c1ccc([C@H]2C[C@@]3(C)[C@@H](CC[C@]3(C)O)[C@@H]3CCC4=CC(=O)CC[C@]4(C)C23)cc1. The number of hydrogen-bond donors (Lipinski definition) is 1. The van der Waals surface area contributed by atoms with Crippen molar-refractivity contribution >= 4 is 11.5 Å². The van der Waals surface area contributed by atoms with E-state index in [1.165, 1.54) is 16.8 Å². The van der Waals surface area contributed by atoms with Crippen molar-refractivity contribution < 1.29 is 14.6 Å². The van der Waals surface area contributed by atoms with Gasteiger partial charge in [-0.15, -0.1) is 0 Å². The highest BCUT2D eigenvalue weighted by molar-refractivity contribution is 5.91. The quantitative estimate of drug-likeness (QED) is 0.602. The molecular formula is C30H43NO3. The highest BCUT2D eigenvalue weighted by Crippen LogP contribution is 2.70. The van der Waals surface area contributed by atoms with Crippen LogP contribution in [-0.4, -0.2) is 43.8 Å². The number of nitrogens with zero attached hydrogens (tertiary/aromatic N) is 1. The maximum absolute atomic E-state index is 12.3. The Morgan fingerprint density at radius 2 is 1.82 bits per heavy atom. The van der Waals surface area contributed by atoms with Gasteiger partial charge in [-0.3, -0.25) is 4.79 Å². The first-order valence-electron chi connectivity index (χ1n) is 13.4. The number of hydrogen-bond acceptors (Lipinski definition) is 4. The van der Waals surface area contributed by atoms with Crippen LogP contribution in [0.5, 0.6) is 0 Å². The predicted octanol–water partition coefficient (Wildman–Crippen LogP) is 5.75. The summed E-state index contributed by atoms with van der Waals surface area (Å²) in [5.41, 5.74) is 3.43. The minimum atomic E-state index is -0.610. The molecule has 7 atom stereocenters. The van der Waals surface area contributed by atoms with Crippen molar-refractivity contribution in [3.8, 4) is 0 Å². The van der Waals surface area contributed by atoms with Crippen LogP contribution >= 0.6 is 0 Å². The average Bonchev–Trinajstić information content (AvgIpc) is 3.06. The van der Waals surface area contributed by atoms with Gasteiger partial charge in [-0.05, 0) is 104 Å². The number of carbonyl (C=O) groups excluding carboxylic acids is 1. The third-order valence-electron chi connectivity index (χ3n) is 10.9. The van der Waals surface area contributed by atoms with Gasteiger partial charge < -0.3 is 14.7 Å². The Hall–Kier alpha value is -1.65. The number of ketones is 1. The molecule has 4 aliphatic rings. The maximum Gasteiger partial charge on any atom is 0.155 e. The molecule has 1 unspecified atom stereocenters. The monoisotopic (exact) mass is 465 g/mol. The zero-order valence-corrected chi connectivity index (χ0v) is 21.8. The Balaban J connectivity index is 1.55. The molecule has 3 saturated carbocycles. The molecule has 34 heavy (non-hydrogen) atoms. The number of ether oxygens (including phenoxy) is 1. The Kier molecular flexibility index (Phi) is 6.00.